The lowest BCUT2D eigenvalue weighted by molar-refractivity contribution is 0.0994. The summed E-state index contributed by atoms with van der Waals surface area (Å²) in [6.07, 6.45) is 0. The molecule has 1 fully saturated rings. The Hall–Kier alpha value is -2.42. The highest BCUT2D eigenvalue weighted by Gasteiger charge is 2.25. The van der Waals surface area contributed by atoms with E-state index in [1.165, 1.54) is 23.9 Å². The maximum Gasteiger partial charge on any atom is 0.232 e. The molecule has 6 nitrogen and oxygen atoms in total. The van der Waals surface area contributed by atoms with E-state index in [1.54, 1.807) is 41.0 Å². The largest absolute Gasteiger partial charge is 0.378 e. The number of aromatic nitrogens is 3. The van der Waals surface area contributed by atoms with Gasteiger partial charge in [-0.1, -0.05) is 29.4 Å². The number of rotatable bonds is 6. The van der Waals surface area contributed by atoms with Crippen molar-refractivity contribution in [3.63, 3.8) is 0 Å². The molecule has 2 heterocycles. The molecule has 1 unspecified atom stereocenters. The van der Waals surface area contributed by atoms with Crippen molar-refractivity contribution >= 4 is 35.1 Å². The SMILES string of the molecule is CC(Sc1nnc(N2CCOCC2)n1-c1cccc(F)c1)C(=O)c1ccc(Cl)cc1. The van der Waals surface area contributed by atoms with Crippen LogP contribution in [0.4, 0.5) is 10.3 Å². The summed E-state index contributed by atoms with van der Waals surface area (Å²) in [7, 11) is 0. The number of ketones is 1. The van der Waals surface area contributed by atoms with E-state index in [-0.39, 0.29) is 11.6 Å². The van der Waals surface area contributed by atoms with Gasteiger partial charge in [-0.05, 0) is 49.4 Å². The Labute approximate surface area is 183 Å². The molecular weight excluding hydrogens is 427 g/mol. The summed E-state index contributed by atoms with van der Waals surface area (Å²) in [5.74, 6) is 0.214. The van der Waals surface area contributed by atoms with Crippen molar-refractivity contribution in [2.75, 3.05) is 31.2 Å². The van der Waals surface area contributed by atoms with Crippen LogP contribution in [0.25, 0.3) is 5.69 Å². The molecule has 0 amide bonds. The van der Waals surface area contributed by atoms with Crippen LogP contribution in [0.2, 0.25) is 5.02 Å². The molecule has 9 heteroatoms. The smallest absolute Gasteiger partial charge is 0.232 e. The summed E-state index contributed by atoms with van der Waals surface area (Å²) < 4.78 is 21.2. The highest BCUT2D eigenvalue weighted by Crippen LogP contribution is 2.31. The van der Waals surface area contributed by atoms with Gasteiger partial charge in [0.15, 0.2) is 10.9 Å². The van der Waals surface area contributed by atoms with Gasteiger partial charge in [0, 0.05) is 23.7 Å². The minimum Gasteiger partial charge on any atom is -0.378 e. The average molecular weight is 447 g/mol. The molecule has 4 rings (SSSR count). The molecule has 0 spiro atoms. The van der Waals surface area contributed by atoms with Gasteiger partial charge < -0.3 is 9.64 Å². The summed E-state index contributed by atoms with van der Waals surface area (Å²) >= 11 is 7.21. The first-order chi connectivity index (χ1) is 14.5. The number of hydrogen-bond donors (Lipinski definition) is 0. The number of nitrogens with zero attached hydrogens (tertiary/aromatic N) is 4. The number of benzene rings is 2. The minimum atomic E-state index is -0.416. The van der Waals surface area contributed by atoms with Gasteiger partial charge in [0.1, 0.15) is 5.82 Å². The molecule has 1 aliphatic heterocycles. The van der Waals surface area contributed by atoms with Crippen LogP contribution < -0.4 is 4.90 Å². The molecule has 3 aromatic rings. The van der Waals surface area contributed by atoms with E-state index in [0.717, 1.165) is 0 Å². The highest BCUT2D eigenvalue weighted by atomic mass is 35.5. The van der Waals surface area contributed by atoms with E-state index in [0.29, 0.717) is 53.7 Å². The van der Waals surface area contributed by atoms with E-state index in [1.807, 2.05) is 6.92 Å². The molecule has 156 valence electrons. The van der Waals surface area contributed by atoms with Gasteiger partial charge in [0.05, 0.1) is 24.2 Å². The van der Waals surface area contributed by atoms with Gasteiger partial charge in [-0.2, -0.15) is 0 Å². The maximum atomic E-state index is 13.9. The zero-order chi connectivity index (χ0) is 21.1. The molecule has 0 bridgehead atoms. The summed E-state index contributed by atoms with van der Waals surface area (Å²) in [6, 6.07) is 13.1. The van der Waals surface area contributed by atoms with Gasteiger partial charge >= 0.3 is 0 Å². The van der Waals surface area contributed by atoms with Crippen LogP contribution in [0, 0.1) is 5.82 Å². The second-order valence-electron chi connectivity index (χ2n) is 6.83. The highest BCUT2D eigenvalue weighted by molar-refractivity contribution is 8.00. The second-order valence-corrected chi connectivity index (χ2v) is 8.57. The zero-order valence-corrected chi connectivity index (χ0v) is 17.9. The third-order valence-electron chi connectivity index (χ3n) is 4.76. The van der Waals surface area contributed by atoms with Crippen LogP contribution in [-0.4, -0.2) is 52.1 Å². The molecule has 0 radical (unpaired) electrons. The molecule has 30 heavy (non-hydrogen) atoms. The lowest BCUT2D eigenvalue weighted by Gasteiger charge is -2.28. The van der Waals surface area contributed by atoms with Crippen LogP contribution in [-0.2, 0) is 4.74 Å². The molecular formula is C21H20ClFN4O2S. The fourth-order valence-corrected chi connectivity index (χ4v) is 4.27. The van der Waals surface area contributed by atoms with E-state index >= 15 is 0 Å². The topological polar surface area (TPSA) is 60.2 Å². The van der Waals surface area contributed by atoms with Crippen molar-refractivity contribution < 1.29 is 13.9 Å². The van der Waals surface area contributed by atoms with Crippen LogP contribution in [0.1, 0.15) is 17.3 Å². The quantitative estimate of drug-likeness (QED) is 0.416. The van der Waals surface area contributed by atoms with E-state index in [2.05, 4.69) is 15.1 Å². The lowest BCUT2D eigenvalue weighted by Crippen LogP contribution is -2.37. The van der Waals surface area contributed by atoms with Crippen molar-refractivity contribution in [3.05, 3.63) is 64.9 Å². The first kappa shape index (κ1) is 20.8. The Morgan fingerprint density at radius 3 is 2.60 bits per heavy atom. The van der Waals surface area contributed by atoms with Crippen LogP contribution >= 0.6 is 23.4 Å². The number of thioether (sulfide) groups is 1. The first-order valence-electron chi connectivity index (χ1n) is 9.53. The second kappa shape index (κ2) is 9.16. The Bertz CT molecular complexity index is 1040. The Morgan fingerprint density at radius 2 is 1.90 bits per heavy atom. The molecule has 0 N–H and O–H groups in total. The van der Waals surface area contributed by atoms with Crippen LogP contribution in [0.5, 0.6) is 0 Å². The summed E-state index contributed by atoms with van der Waals surface area (Å²) in [4.78, 5) is 14.9. The van der Waals surface area contributed by atoms with E-state index in [9.17, 15) is 9.18 Å². The zero-order valence-electron chi connectivity index (χ0n) is 16.3. The van der Waals surface area contributed by atoms with Crippen molar-refractivity contribution in [2.45, 2.75) is 17.3 Å². The number of ether oxygens (including phenoxy) is 1. The van der Waals surface area contributed by atoms with Gasteiger partial charge in [0.2, 0.25) is 5.95 Å². The van der Waals surface area contributed by atoms with Crippen molar-refractivity contribution in [1.29, 1.82) is 0 Å². The fraction of sp³-hybridized carbons (Fsp3) is 0.286. The Morgan fingerprint density at radius 1 is 1.17 bits per heavy atom. The van der Waals surface area contributed by atoms with Gasteiger partial charge in [0.25, 0.3) is 0 Å². The number of hydrogen-bond acceptors (Lipinski definition) is 6. The number of anilines is 1. The predicted octanol–water partition coefficient (Wildman–Crippen LogP) is 4.26. The van der Waals surface area contributed by atoms with Crippen LogP contribution in [0.15, 0.2) is 53.7 Å². The molecule has 0 aliphatic carbocycles. The molecule has 1 atom stereocenters. The molecule has 2 aromatic carbocycles. The predicted molar refractivity (Wildman–Crippen MR) is 115 cm³/mol. The van der Waals surface area contributed by atoms with Crippen molar-refractivity contribution in [1.82, 2.24) is 14.8 Å². The number of halogens is 2. The summed E-state index contributed by atoms with van der Waals surface area (Å²) in [6.45, 7) is 4.32. The molecule has 1 aliphatic rings. The third-order valence-corrected chi connectivity index (χ3v) is 6.05. The third kappa shape index (κ3) is 4.50. The van der Waals surface area contributed by atoms with Gasteiger partial charge in [-0.15, -0.1) is 10.2 Å². The van der Waals surface area contributed by atoms with E-state index < -0.39 is 5.25 Å². The maximum absolute atomic E-state index is 13.9. The standard InChI is InChI=1S/C21H20ClFN4O2S/c1-14(19(28)15-5-7-16(22)8-6-15)30-21-25-24-20(26-9-11-29-12-10-26)27(21)18-4-2-3-17(23)13-18/h2-8,13-14H,9-12H2,1H3. The number of Topliss-reactive ketones (excluding diaryl/α,β-unsaturated/α-hetero) is 1. The lowest BCUT2D eigenvalue weighted by atomic mass is 10.1. The minimum absolute atomic E-state index is 0.0432. The van der Waals surface area contributed by atoms with Crippen molar-refractivity contribution in [2.24, 2.45) is 0 Å². The normalized spacial score (nSPS) is 15.2. The Balaban J connectivity index is 1.66. The first-order valence-corrected chi connectivity index (χ1v) is 10.8. The fourth-order valence-electron chi connectivity index (χ4n) is 3.21. The van der Waals surface area contributed by atoms with Gasteiger partial charge in [-0.25, -0.2) is 4.39 Å². The number of carbonyl (C=O) groups excluding carboxylic acids is 1. The molecule has 1 aromatic heterocycles. The number of carbonyl (C=O) groups is 1. The summed E-state index contributed by atoms with van der Waals surface area (Å²) in [5.41, 5.74) is 1.18. The van der Waals surface area contributed by atoms with E-state index in [4.69, 9.17) is 16.3 Å². The Kier molecular flexibility index (Phi) is 6.36. The number of morpholine rings is 1. The van der Waals surface area contributed by atoms with Gasteiger partial charge in [-0.3, -0.25) is 9.36 Å². The summed E-state index contributed by atoms with van der Waals surface area (Å²) in [5, 5.41) is 9.36. The van der Waals surface area contributed by atoms with Crippen molar-refractivity contribution in [3.8, 4) is 5.69 Å². The van der Waals surface area contributed by atoms with Crippen LogP contribution in [0.3, 0.4) is 0 Å². The molecule has 0 saturated carbocycles. The average Bonchev–Trinajstić information content (AvgIpc) is 3.18. The molecule has 1 saturated heterocycles. The monoisotopic (exact) mass is 446 g/mol.